The topological polar surface area (TPSA) is 38.1 Å². The monoisotopic (exact) mass is 214 g/mol. The lowest BCUT2D eigenvalue weighted by Crippen LogP contribution is -2.15. The van der Waals surface area contributed by atoms with Gasteiger partial charge < -0.3 is 9.73 Å². The van der Waals surface area contributed by atoms with E-state index >= 15 is 0 Å². The minimum Gasteiger partial charge on any atom is -0.444 e. The zero-order valence-corrected chi connectivity index (χ0v) is 9.27. The van der Waals surface area contributed by atoms with E-state index in [1.54, 1.807) is 11.7 Å². The van der Waals surface area contributed by atoms with Crippen LogP contribution in [-0.2, 0) is 13.0 Å². The van der Waals surface area contributed by atoms with Gasteiger partial charge >= 0.3 is 0 Å². The molecule has 0 spiro atoms. The largest absolute Gasteiger partial charge is 0.444 e. The van der Waals surface area contributed by atoms with Gasteiger partial charge in [-0.15, -0.1) is 0 Å². The molecule has 0 amide bonds. The van der Waals surface area contributed by atoms with Crippen molar-refractivity contribution >= 4 is 11.6 Å². The molecule has 1 N–H and O–H groups in total. The molecule has 4 heteroatoms. The molecule has 0 aliphatic rings. The molecule has 0 aromatic carbocycles. The molecule has 0 saturated carbocycles. The summed E-state index contributed by atoms with van der Waals surface area (Å²) in [7, 11) is 0. The average Bonchev–Trinajstić information content (AvgIpc) is 2.65. The van der Waals surface area contributed by atoms with Crippen LogP contribution in [0.25, 0.3) is 0 Å². The summed E-state index contributed by atoms with van der Waals surface area (Å²) in [4.78, 5) is 4.13. The van der Waals surface area contributed by atoms with Crippen molar-refractivity contribution in [2.24, 2.45) is 0 Å². The van der Waals surface area contributed by atoms with Crippen molar-refractivity contribution in [2.75, 3.05) is 6.54 Å². The molecule has 0 radical (unpaired) electrons. The van der Waals surface area contributed by atoms with Gasteiger partial charge in [-0.2, -0.15) is 0 Å². The van der Waals surface area contributed by atoms with Crippen LogP contribution in [-0.4, -0.2) is 11.5 Å². The first-order valence-corrected chi connectivity index (χ1v) is 5.10. The normalized spacial score (nSPS) is 12.1. The maximum Gasteiger partial charge on any atom is 0.208 e. The molecule has 1 aromatic rings. The summed E-state index contributed by atoms with van der Waals surface area (Å²) in [5.41, 5.74) is 2.66. The Labute approximate surface area is 89.2 Å². The smallest absolute Gasteiger partial charge is 0.208 e. The standard InChI is InChI=1S/C10H15ClN2O/c1-3-9-6-13-10(14-9)7-12-5-8(2)4-11/h4,6,12H,3,5,7H2,1-2H3. The average molecular weight is 215 g/mol. The summed E-state index contributed by atoms with van der Waals surface area (Å²) in [5.74, 6) is 1.65. The SMILES string of the molecule is CCc1cnc(CNCC(C)=CCl)o1. The summed E-state index contributed by atoms with van der Waals surface area (Å²) in [5, 5.41) is 3.18. The van der Waals surface area contributed by atoms with E-state index < -0.39 is 0 Å². The maximum absolute atomic E-state index is 5.52. The second-order valence-corrected chi connectivity index (χ2v) is 3.35. The van der Waals surface area contributed by atoms with Gasteiger partial charge in [0.05, 0.1) is 12.7 Å². The summed E-state index contributed by atoms with van der Waals surface area (Å²) in [6, 6.07) is 0. The number of halogens is 1. The van der Waals surface area contributed by atoms with Gasteiger partial charge in [0.15, 0.2) is 0 Å². The number of aromatic nitrogens is 1. The van der Waals surface area contributed by atoms with E-state index in [1.807, 2.05) is 13.8 Å². The van der Waals surface area contributed by atoms with E-state index in [0.717, 1.165) is 30.2 Å². The number of oxazole rings is 1. The summed E-state index contributed by atoms with van der Waals surface area (Å²) < 4.78 is 5.42. The van der Waals surface area contributed by atoms with Crippen LogP contribution in [0.5, 0.6) is 0 Å². The number of rotatable bonds is 5. The second-order valence-electron chi connectivity index (χ2n) is 3.13. The Hall–Kier alpha value is -0.800. The zero-order valence-electron chi connectivity index (χ0n) is 8.51. The van der Waals surface area contributed by atoms with Gasteiger partial charge in [0.25, 0.3) is 0 Å². The summed E-state index contributed by atoms with van der Waals surface area (Å²) in [6.45, 7) is 5.40. The number of hydrogen-bond donors (Lipinski definition) is 1. The Morgan fingerprint density at radius 1 is 1.71 bits per heavy atom. The highest BCUT2D eigenvalue weighted by atomic mass is 35.5. The van der Waals surface area contributed by atoms with Crippen LogP contribution in [0.1, 0.15) is 25.5 Å². The van der Waals surface area contributed by atoms with E-state index in [0.29, 0.717) is 6.54 Å². The number of aryl methyl sites for hydroxylation is 1. The lowest BCUT2D eigenvalue weighted by atomic mass is 10.3. The molecule has 1 rings (SSSR count). The molecule has 0 aliphatic carbocycles. The van der Waals surface area contributed by atoms with Crippen molar-refractivity contribution in [3.63, 3.8) is 0 Å². The second kappa shape index (κ2) is 5.83. The Morgan fingerprint density at radius 3 is 3.07 bits per heavy atom. The highest BCUT2D eigenvalue weighted by Gasteiger charge is 2.00. The fourth-order valence-electron chi connectivity index (χ4n) is 0.998. The maximum atomic E-state index is 5.52. The molecule has 3 nitrogen and oxygen atoms in total. The van der Waals surface area contributed by atoms with Gasteiger partial charge in [-0.05, 0) is 12.5 Å². The van der Waals surface area contributed by atoms with E-state index in [-0.39, 0.29) is 0 Å². The molecule has 1 aromatic heterocycles. The van der Waals surface area contributed by atoms with Crippen molar-refractivity contribution in [3.05, 3.63) is 29.0 Å². The fourth-order valence-corrected chi connectivity index (χ4v) is 1.08. The highest BCUT2D eigenvalue weighted by Crippen LogP contribution is 2.03. The predicted molar refractivity (Wildman–Crippen MR) is 57.2 cm³/mol. The number of hydrogen-bond acceptors (Lipinski definition) is 3. The predicted octanol–water partition coefficient (Wildman–Crippen LogP) is 2.47. The molecule has 14 heavy (non-hydrogen) atoms. The van der Waals surface area contributed by atoms with E-state index in [9.17, 15) is 0 Å². The first-order valence-electron chi connectivity index (χ1n) is 4.66. The van der Waals surface area contributed by atoms with Gasteiger partial charge in [-0.1, -0.05) is 18.5 Å². The van der Waals surface area contributed by atoms with Gasteiger partial charge in [-0.3, -0.25) is 0 Å². The van der Waals surface area contributed by atoms with Crippen LogP contribution in [0, 0.1) is 0 Å². The minimum absolute atomic E-state index is 0.641. The minimum atomic E-state index is 0.641. The first-order chi connectivity index (χ1) is 6.76. The Morgan fingerprint density at radius 2 is 2.50 bits per heavy atom. The highest BCUT2D eigenvalue weighted by molar-refractivity contribution is 6.25. The lowest BCUT2D eigenvalue weighted by Gasteiger charge is -2.00. The number of nitrogens with zero attached hydrogens (tertiary/aromatic N) is 1. The molecular formula is C10H15ClN2O. The van der Waals surface area contributed by atoms with E-state index in [1.165, 1.54) is 0 Å². The summed E-state index contributed by atoms with van der Waals surface area (Å²) >= 11 is 5.52. The zero-order chi connectivity index (χ0) is 10.4. The summed E-state index contributed by atoms with van der Waals surface area (Å²) in [6.07, 6.45) is 2.65. The first kappa shape index (κ1) is 11.3. The van der Waals surface area contributed by atoms with Crippen LogP contribution in [0.2, 0.25) is 0 Å². The molecule has 0 saturated heterocycles. The van der Waals surface area contributed by atoms with Gasteiger partial charge in [0.1, 0.15) is 5.76 Å². The molecule has 0 aliphatic heterocycles. The van der Waals surface area contributed by atoms with Crippen molar-refractivity contribution < 1.29 is 4.42 Å². The Kier molecular flexibility index (Phi) is 4.70. The van der Waals surface area contributed by atoms with Crippen LogP contribution < -0.4 is 5.32 Å². The van der Waals surface area contributed by atoms with Crippen LogP contribution >= 0.6 is 11.6 Å². The molecular weight excluding hydrogens is 200 g/mol. The molecule has 78 valence electrons. The fraction of sp³-hybridized carbons (Fsp3) is 0.500. The molecule has 0 unspecified atom stereocenters. The Balaban J connectivity index is 2.31. The van der Waals surface area contributed by atoms with Gasteiger partial charge in [-0.25, -0.2) is 4.98 Å². The molecule has 1 heterocycles. The van der Waals surface area contributed by atoms with Crippen molar-refractivity contribution in [3.8, 4) is 0 Å². The third-order valence-electron chi connectivity index (χ3n) is 1.82. The van der Waals surface area contributed by atoms with Crippen LogP contribution in [0.3, 0.4) is 0 Å². The third-order valence-corrected chi connectivity index (χ3v) is 2.19. The van der Waals surface area contributed by atoms with E-state index in [2.05, 4.69) is 10.3 Å². The quantitative estimate of drug-likeness (QED) is 0.819. The van der Waals surface area contributed by atoms with E-state index in [4.69, 9.17) is 16.0 Å². The third kappa shape index (κ3) is 3.52. The number of nitrogens with one attached hydrogen (secondary N) is 1. The molecule has 0 atom stereocenters. The lowest BCUT2D eigenvalue weighted by molar-refractivity contribution is 0.443. The van der Waals surface area contributed by atoms with Crippen molar-refractivity contribution in [1.29, 1.82) is 0 Å². The van der Waals surface area contributed by atoms with Crippen molar-refractivity contribution in [2.45, 2.75) is 26.8 Å². The molecule has 0 bridgehead atoms. The van der Waals surface area contributed by atoms with Gasteiger partial charge in [0, 0.05) is 18.5 Å². The van der Waals surface area contributed by atoms with Crippen LogP contribution in [0.15, 0.2) is 21.7 Å². The van der Waals surface area contributed by atoms with Gasteiger partial charge in [0.2, 0.25) is 5.89 Å². The van der Waals surface area contributed by atoms with Crippen molar-refractivity contribution in [1.82, 2.24) is 10.3 Å². The Bertz CT molecular complexity index is 307. The molecule has 0 fully saturated rings. The van der Waals surface area contributed by atoms with Crippen LogP contribution in [0.4, 0.5) is 0 Å².